The summed E-state index contributed by atoms with van der Waals surface area (Å²) in [5, 5.41) is 4.04. The number of amides is 1. The summed E-state index contributed by atoms with van der Waals surface area (Å²) in [5.41, 5.74) is 1.13. The molecular weight excluding hydrogens is 282 g/mol. The van der Waals surface area contributed by atoms with Crippen LogP contribution < -0.4 is 5.32 Å². The minimum Gasteiger partial charge on any atom is -0.349 e. The highest BCUT2D eigenvalue weighted by molar-refractivity contribution is 6.30. The molecule has 1 atom stereocenters. The fraction of sp³-hybridized carbons (Fsp3) is 0.611. The van der Waals surface area contributed by atoms with Gasteiger partial charge in [-0.3, -0.25) is 4.79 Å². The Hall–Kier alpha value is -1.02. The fourth-order valence-corrected chi connectivity index (χ4v) is 3.59. The molecule has 0 aliphatic heterocycles. The van der Waals surface area contributed by atoms with Crippen molar-refractivity contribution in [3.05, 3.63) is 34.9 Å². The van der Waals surface area contributed by atoms with Crippen LogP contribution in [0.4, 0.5) is 0 Å². The molecule has 1 aliphatic rings. The maximum Gasteiger partial charge on any atom is 0.223 e. The molecule has 2 rings (SSSR count). The number of benzene rings is 1. The molecule has 0 bridgehead atoms. The molecule has 1 aromatic carbocycles. The van der Waals surface area contributed by atoms with E-state index in [1.165, 1.54) is 12.8 Å². The van der Waals surface area contributed by atoms with Gasteiger partial charge in [-0.2, -0.15) is 0 Å². The van der Waals surface area contributed by atoms with Crippen molar-refractivity contribution >= 4 is 17.5 Å². The molecule has 2 nitrogen and oxygen atoms in total. The van der Waals surface area contributed by atoms with Crippen LogP contribution in [0.5, 0.6) is 0 Å². The minimum absolute atomic E-state index is 0.0757. The van der Waals surface area contributed by atoms with Crippen molar-refractivity contribution in [1.29, 1.82) is 0 Å². The van der Waals surface area contributed by atoms with Crippen molar-refractivity contribution in [3.8, 4) is 0 Å². The number of carbonyl (C=O) groups excluding carboxylic acids is 1. The van der Waals surface area contributed by atoms with Gasteiger partial charge in [-0.25, -0.2) is 0 Å². The summed E-state index contributed by atoms with van der Waals surface area (Å²) in [6.07, 6.45) is 6.56. The van der Waals surface area contributed by atoms with Crippen LogP contribution in [-0.4, -0.2) is 5.91 Å². The first-order chi connectivity index (χ1) is 10.2. The van der Waals surface area contributed by atoms with Crippen LogP contribution in [-0.2, 0) is 4.79 Å². The Morgan fingerprint density at radius 1 is 1.29 bits per heavy atom. The van der Waals surface area contributed by atoms with Gasteiger partial charge in [-0.05, 0) is 36.5 Å². The molecule has 0 heterocycles. The number of hydrogen-bond acceptors (Lipinski definition) is 1. The van der Waals surface area contributed by atoms with E-state index in [1.807, 2.05) is 18.2 Å². The molecule has 0 aromatic heterocycles. The quantitative estimate of drug-likeness (QED) is 0.776. The van der Waals surface area contributed by atoms with E-state index >= 15 is 0 Å². The SMILES string of the molecule is CCC(CC)C(NC(=O)C1CCCC1)c1cccc(Cl)c1. The average molecular weight is 308 g/mol. The summed E-state index contributed by atoms with van der Waals surface area (Å²) < 4.78 is 0. The molecule has 0 radical (unpaired) electrons. The molecule has 1 unspecified atom stereocenters. The van der Waals surface area contributed by atoms with Crippen LogP contribution in [0.1, 0.15) is 64.0 Å². The Morgan fingerprint density at radius 3 is 2.52 bits per heavy atom. The first-order valence-corrected chi connectivity index (χ1v) is 8.59. The topological polar surface area (TPSA) is 29.1 Å². The van der Waals surface area contributed by atoms with Crippen molar-refractivity contribution in [2.45, 2.75) is 58.4 Å². The molecule has 1 N–H and O–H groups in total. The zero-order valence-corrected chi connectivity index (χ0v) is 13.8. The normalized spacial score (nSPS) is 17.1. The lowest BCUT2D eigenvalue weighted by Crippen LogP contribution is -2.36. The van der Waals surface area contributed by atoms with Gasteiger partial charge in [-0.1, -0.05) is 63.3 Å². The van der Waals surface area contributed by atoms with Crippen LogP contribution in [0.25, 0.3) is 0 Å². The molecular formula is C18H26ClNO. The number of nitrogens with one attached hydrogen (secondary N) is 1. The van der Waals surface area contributed by atoms with Crippen LogP contribution in [0, 0.1) is 11.8 Å². The lowest BCUT2D eigenvalue weighted by atomic mass is 9.88. The lowest BCUT2D eigenvalue weighted by Gasteiger charge is -2.28. The Bertz CT molecular complexity index is 464. The van der Waals surface area contributed by atoms with E-state index in [1.54, 1.807) is 0 Å². The Labute approximate surface area is 133 Å². The fourth-order valence-electron chi connectivity index (χ4n) is 3.39. The summed E-state index contributed by atoms with van der Waals surface area (Å²) in [5.74, 6) is 0.888. The van der Waals surface area contributed by atoms with E-state index in [-0.39, 0.29) is 17.9 Å². The van der Waals surface area contributed by atoms with Gasteiger partial charge >= 0.3 is 0 Å². The predicted molar refractivity (Wildman–Crippen MR) is 88.4 cm³/mol. The van der Waals surface area contributed by atoms with Crippen LogP contribution in [0.15, 0.2) is 24.3 Å². The van der Waals surface area contributed by atoms with E-state index in [0.717, 1.165) is 36.3 Å². The Morgan fingerprint density at radius 2 is 1.95 bits per heavy atom. The monoisotopic (exact) mass is 307 g/mol. The highest BCUT2D eigenvalue weighted by Crippen LogP contribution is 2.31. The van der Waals surface area contributed by atoms with E-state index < -0.39 is 0 Å². The molecule has 116 valence electrons. The summed E-state index contributed by atoms with van der Waals surface area (Å²) >= 11 is 6.13. The van der Waals surface area contributed by atoms with Crippen LogP contribution >= 0.6 is 11.6 Å². The standard InChI is InChI=1S/C18H26ClNO/c1-3-13(4-2)17(15-10-7-11-16(19)12-15)20-18(21)14-8-5-6-9-14/h7,10-14,17H,3-6,8-9H2,1-2H3,(H,20,21). The molecule has 1 amide bonds. The summed E-state index contributed by atoms with van der Waals surface area (Å²) in [6.45, 7) is 4.38. The lowest BCUT2D eigenvalue weighted by molar-refractivity contribution is -0.126. The zero-order chi connectivity index (χ0) is 15.2. The first kappa shape index (κ1) is 16.4. The number of rotatable bonds is 6. The highest BCUT2D eigenvalue weighted by atomic mass is 35.5. The second kappa shape index (κ2) is 7.84. The molecule has 1 saturated carbocycles. The number of carbonyl (C=O) groups is 1. The van der Waals surface area contributed by atoms with Gasteiger partial charge < -0.3 is 5.32 Å². The van der Waals surface area contributed by atoms with Crippen molar-refractivity contribution in [2.75, 3.05) is 0 Å². The molecule has 3 heteroatoms. The maximum absolute atomic E-state index is 12.5. The van der Waals surface area contributed by atoms with Crippen LogP contribution in [0.2, 0.25) is 5.02 Å². The van der Waals surface area contributed by atoms with E-state index in [2.05, 4.69) is 25.2 Å². The van der Waals surface area contributed by atoms with Crippen molar-refractivity contribution in [2.24, 2.45) is 11.8 Å². The average Bonchev–Trinajstić information content (AvgIpc) is 3.01. The van der Waals surface area contributed by atoms with Gasteiger partial charge in [0.25, 0.3) is 0 Å². The van der Waals surface area contributed by atoms with Crippen molar-refractivity contribution in [3.63, 3.8) is 0 Å². The second-order valence-corrected chi connectivity index (χ2v) is 6.54. The second-order valence-electron chi connectivity index (χ2n) is 6.10. The number of hydrogen-bond donors (Lipinski definition) is 1. The maximum atomic E-state index is 12.5. The molecule has 0 spiro atoms. The third kappa shape index (κ3) is 4.23. The van der Waals surface area contributed by atoms with E-state index in [9.17, 15) is 4.79 Å². The summed E-state index contributed by atoms with van der Waals surface area (Å²) in [7, 11) is 0. The number of halogens is 1. The molecule has 1 aliphatic carbocycles. The van der Waals surface area contributed by atoms with Gasteiger partial charge in [0.1, 0.15) is 0 Å². The van der Waals surface area contributed by atoms with Crippen molar-refractivity contribution in [1.82, 2.24) is 5.32 Å². The molecule has 21 heavy (non-hydrogen) atoms. The smallest absolute Gasteiger partial charge is 0.223 e. The largest absolute Gasteiger partial charge is 0.349 e. The summed E-state index contributed by atoms with van der Waals surface area (Å²) in [6, 6.07) is 7.98. The summed E-state index contributed by atoms with van der Waals surface area (Å²) in [4.78, 5) is 12.5. The molecule has 1 fully saturated rings. The van der Waals surface area contributed by atoms with Gasteiger partial charge in [-0.15, -0.1) is 0 Å². The first-order valence-electron chi connectivity index (χ1n) is 8.21. The minimum atomic E-state index is 0.0757. The van der Waals surface area contributed by atoms with Gasteiger partial charge in [0.05, 0.1) is 6.04 Å². The third-order valence-electron chi connectivity index (χ3n) is 4.75. The van der Waals surface area contributed by atoms with E-state index in [0.29, 0.717) is 5.92 Å². The van der Waals surface area contributed by atoms with Gasteiger partial charge in [0.2, 0.25) is 5.91 Å². The Balaban J connectivity index is 2.17. The molecule has 0 saturated heterocycles. The zero-order valence-electron chi connectivity index (χ0n) is 13.1. The van der Waals surface area contributed by atoms with Crippen LogP contribution in [0.3, 0.4) is 0 Å². The van der Waals surface area contributed by atoms with Gasteiger partial charge in [0.15, 0.2) is 0 Å². The Kier molecular flexibility index (Phi) is 6.10. The third-order valence-corrected chi connectivity index (χ3v) is 4.99. The van der Waals surface area contributed by atoms with Crippen molar-refractivity contribution < 1.29 is 4.79 Å². The molecule has 1 aromatic rings. The predicted octanol–water partition coefficient (Wildman–Crippen LogP) is 5.12. The highest BCUT2D eigenvalue weighted by Gasteiger charge is 2.28. The van der Waals surface area contributed by atoms with Gasteiger partial charge in [0, 0.05) is 10.9 Å². The van der Waals surface area contributed by atoms with E-state index in [4.69, 9.17) is 11.6 Å².